The number of aryl methyl sites for hydroxylation is 1. The molecule has 0 aliphatic heterocycles. The molecule has 0 saturated carbocycles. The quantitative estimate of drug-likeness (QED) is 0.810. The molecule has 0 aromatic carbocycles. The van der Waals surface area contributed by atoms with E-state index in [0.717, 1.165) is 4.57 Å². The molecule has 0 aliphatic carbocycles. The first kappa shape index (κ1) is 15.8. The van der Waals surface area contributed by atoms with Crippen LogP contribution in [-0.4, -0.2) is 30.8 Å². The van der Waals surface area contributed by atoms with Gasteiger partial charge in [0.15, 0.2) is 5.65 Å². The molecule has 9 nitrogen and oxygen atoms in total. The van der Waals surface area contributed by atoms with Gasteiger partial charge in [0.2, 0.25) is 0 Å². The van der Waals surface area contributed by atoms with Crippen molar-refractivity contribution in [2.24, 2.45) is 14.1 Å². The highest BCUT2D eigenvalue weighted by atomic mass is 16.6. The fourth-order valence-electron chi connectivity index (χ4n) is 1.93. The second-order valence-corrected chi connectivity index (χ2v) is 5.94. The fourth-order valence-corrected chi connectivity index (χ4v) is 1.93. The number of aromatic amines is 1. The van der Waals surface area contributed by atoms with Gasteiger partial charge in [-0.3, -0.25) is 13.9 Å². The molecule has 120 valence electrons. The monoisotopic (exact) mass is 309 g/mol. The van der Waals surface area contributed by atoms with E-state index < -0.39 is 22.9 Å². The first-order chi connectivity index (χ1) is 10.1. The average Bonchev–Trinajstić information content (AvgIpc) is 2.83. The minimum Gasteiger partial charge on any atom is -0.444 e. The van der Waals surface area contributed by atoms with Crippen LogP contribution in [0.2, 0.25) is 0 Å². The third-order valence-corrected chi connectivity index (χ3v) is 2.94. The van der Waals surface area contributed by atoms with Gasteiger partial charge >= 0.3 is 11.8 Å². The normalized spacial score (nSPS) is 11.7. The summed E-state index contributed by atoms with van der Waals surface area (Å²) in [5.41, 5.74) is -1.07. The average molecular weight is 309 g/mol. The third-order valence-electron chi connectivity index (χ3n) is 2.94. The molecule has 0 atom stereocenters. The molecule has 2 N–H and O–H groups in total. The maximum absolute atomic E-state index is 12.0. The number of aromatic nitrogens is 4. The number of carbonyl (C=O) groups excluding carboxylic acids is 1. The third kappa shape index (κ3) is 3.02. The maximum atomic E-state index is 12.0. The van der Waals surface area contributed by atoms with Crippen LogP contribution in [0.25, 0.3) is 11.2 Å². The molecule has 9 heteroatoms. The lowest BCUT2D eigenvalue weighted by Gasteiger charge is -2.19. The van der Waals surface area contributed by atoms with Crippen LogP contribution in [0.4, 0.5) is 4.79 Å². The smallest absolute Gasteiger partial charge is 0.408 e. The lowest BCUT2D eigenvalue weighted by Crippen LogP contribution is -2.36. The van der Waals surface area contributed by atoms with E-state index in [1.807, 2.05) is 0 Å². The Morgan fingerprint density at radius 2 is 1.91 bits per heavy atom. The lowest BCUT2D eigenvalue weighted by molar-refractivity contribution is 0.0522. The first-order valence-electron chi connectivity index (χ1n) is 6.71. The molecule has 2 heterocycles. The van der Waals surface area contributed by atoms with Crippen molar-refractivity contribution in [1.82, 2.24) is 24.4 Å². The molecule has 0 aliphatic rings. The summed E-state index contributed by atoms with van der Waals surface area (Å²) < 4.78 is 7.37. The van der Waals surface area contributed by atoms with Gasteiger partial charge in [0.25, 0.3) is 5.56 Å². The Balaban J connectivity index is 2.26. The minimum atomic E-state index is -0.599. The number of alkyl carbamates (subject to hydrolysis) is 1. The molecule has 0 radical (unpaired) electrons. The molecule has 0 saturated heterocycles. The van der Waals surface area contributed by atoms with Crippen LogP contribution in [0.1, 0.15) is 26.6 Å². The van der Waals surface area contributed by atoms with Gasteiger partial charge < -0.3 is 15.0 Å². The summed E-state index contributed by atoms with van der Waals surface area (Å²) in [6.45, 7) is 5.33. The molecule has 2 aromatic heterocycles. The van der Waals surface area contributed by atoms with Crippen LogP contribution in [0.15, 0.2) is 9.59 Å². The summed E-state index contributed by atoms with van der Waals surface area (Å²) in [6.07, 6.45) is -0.588. The molecule has 2 aromatic rings. The van der Waals surface area contributed by atoms with E-state index in [2.05, 4.69) is 15.3 Å². The van der Waals surface area contributed by atoms with E-state index in [1.165, 1.54) is 18.7 Å². The SMILES string of the molecule is Cn1c(=O)c2[nH]c(CNC(=O)OC(C)(C)C)nc2n(C)c1=O. The van der Waals surface area contributed by atoms with E-state index >= 15 is 0 Å². The van der Waals surface area contributed by atoms with Crippen molar-refractivity contribution in [3.8, 4) is 0 Å². The number of carbonyl (C=O) groups is 1. The Labute approximate surface area is 125 Å². The van der Waals surface area contributed by atoms with Crippen molar-refractivity contribution >= 4 is 17.3 Å². The molecule has 0 bridgehead atoms. The number of amides is 1. The number of hydrogen-bond acceptors (Lipinski definition) is 5. The van der Waals surface area contributed by atoms with E-state index in [-0.39, 0.29) is 17.7 Å². The maximum Gasteiger partial charge on any atom is 0.408 e. The fraction of sp³-hybridized carbons (Fsp3) is 0.538. The summed E-state index contributed by atoms with van der Waals surface area (Å²) in [4.78, 5) is 42.4. The van der Waals surface area contributed by atoms with E-state index in [9.17, 15) is 14.4 Å². The molecule has 22 heavy (non-hydrogen) atoms. The summed E-state index contributed by atoms with van der Waals surface area (Å²) in [6, 6.07) is 0. The van der Waals surface area contributed by atoms with Crippen LogP contribution < -0.4 is 16.6 Å². The molecule has 1 amide bonds. The summed E-state index contributed by atoms with van der Waals surface area (Å²) in [7, 11) is 2.92. The Bertz CT molecular complexity index is 837. The van der Waals surface area contributed by atoms with Crippen LogP contribution in [0.3, 0.4) is 0 Å². The highest BCUT2D eigenvalue weighted by Crippen LogP contribution is 2.07. The number of nitrogens with one attached hydrogen (secondary N) is 2. The van der Waals surface area contributed by atoms with Crippen molar-refractivity contribution in [2.75, 3.05) is 0 Å². The minimum absolute atomic E-state index is 0.0565. The number of ether oxygens (including phenoxy) is 1. The van der Waals surface area contributed by atoms with Gasteiger partial charge in [-0.25, -0.2) is 14.6 Å². The zero-order valence-electron chi connectivity index (χ0n) is 13.2. The topological polar surface area (TPSA) is 111 Å². The zero-order chi connectivity index (χ0) is 16.7. The summed E-state index contributed by atoms with van der Waals surface area (Å²) >= 11 is 0. The zero-order valence-corrected chi connectivity index (χ0v) is 13.2. The van der Waals surface area contributed by atoms with Gasteiger partial charge in [-0.05, 0) is 20.8 Å². The predicted octanol–water partition coefficient (Wildman–Crippen LogP) is -0.0150. The van der Waals surface area contributed by atoms with Gasteiger partial charge in [0.1, 0.15) is 16.9 Å². The number of rotatable bonds is 2. The molecule has 0 unspecified atom stereocenters. The number of fused-ring (bicyclic) bond motifs is 1. The van der Waals surface area contributed by atoms with Crippen LogP contribution in [0, 0.1) is 0 Å². The van der Waals surface area contributed by atoms with Gasteiger partial charge in [-0.1, -0.05) is 0 Å². The Hall–Kier alpha value is -2.58. The molecule has 0 fully saturated rings. The standard InChI is InChI=1S/C13H19N5O4/c1-13(2,3)22-11(20)14-6-7-15-8-9(16-7)17(4)12(21)18(5)10(8)19/h6H2,1-5H3,(H,14,20)(H,15,16). The number of hydrogen-bond donors (Lipinski definition) is 2. The van der Waals surface area contributed by atoms with Gasteiger partial charge in [0, 0.05) is 14.1 Å². The van der Waals surface area contributed by atoms with Crippen molar-refractivity contribution < 1.29 is 9.53 Å². The highest BCUT2D eigenvalue weighted by molar-refractivity contribution is 5.70. The highest BCUT2D eigenvalue weighted by Gasteiger charge is 2.17. The van der Waals surface area contributed by atoms with Crippen LogP contribution in [-0.2, 0) is 25.4 Å². The second-order valence-electron chi connectivity index (χ2n) is 5.94. The summed E-state index contributed by atoms with van der Waals surface area (Å²) in [5.74, 6) is 0.360. The van der Waals surface area contributed by atoms with Gasteiger partial charge in [-0.15, -0.1) is 0 Å². The largest absolute Gasteiger partial charge is 0.444 e. The molecule has 2 rings (SSSR count). The second kappa shape index (κ2) is 5.32. The number of nitrogens with zero attached hydrogens (tertiary/aromatic N) is 3. The Morgan fingerprint density at radius 1 is 1.27 bits per heavy atom. The number of H-pyrrole nitrogens is 1. The van der Waals surface area contributed by atoms with Gasteiger partial charge in [0.05, 0.1) is 6.54 Å². The van der Waals surface area contributed by atoms with Gasteiger partial charge in [-0.2, -0.15) is 0 Å². The van der Waals surface area contributed by atoms with E-state index in [0.29, 0.717) is 5.82 Å². The van der Waals surface area contributed by atoms with Crippen LogP contribution >= 0.6 is 0 Å². The van der Waals surface area contributed by atoms with E-state index in [4.69, 9.17) is 4.74 Å². The van der Waals surface area contributed by atoms with E-state index in [1.54, 1.807) is 20.8 Å². The summed E-state index contributed by atoms with van der Waals surface area (Å²) in [5, 5.41) is 2.53. The molecule has 0 spiro atoms. The molecular weight excluding hydrogens is 290 g/mol. The lowest BCUT2D eigenvalue weighted by atomic mass is 10.2. The van der Waals surface area contributed by atoms with Crippen molar-refractivity contribution in [3.63, 3.8) is 0 Å². The van der Waals surface area contributed by atoms with Crippen LogP contribution in [0.5, 0.6) is 0 Å². The first-order valence-corrected chi connectivity index (χ1v) is 6.71. The Morgan fingerprint density at radius 3 is 2.50 bits per heavy atom. The molecular formula is C13H19N5O4. The Kier molecular flexibility index (Phi) is 3.82. The predicted molar refractivity (Wildman–Crippen MR) is 79.6 cm³/mol. The van der Waals surface area contributed by atoms with Crippen molar-refractivity contribution in [3.05, 3.63) is 26.7 Å². The number of imidazole rings is 1. The van der Waals surface area contributed by atoms with Crippen molar-refractivity contribution in [1.29, 1.82) is 0 Å². The van der Waals surface area contributed by atoms with Crippen molar-refractivity contribution in [2.45, 2.75) is 32.9 Å².